The van der Waals surface area contributed by atoms with Gasteiger partial charge < -0.3 is 15.0 Å². The maximum atomic E-state index is 14.7. The Morgan fingerprint density at radius 2 is 1.79 bits per heavy atom. The number of fused-ring (bicyclic) bond motifs is 1. The number of amides is 1. The van der Waals surface area contributed by atoms with Gasteiger partial charge in [-0.05, 0) is 45.0 Å². The minimum absolute atomic E-state index is 0.0696. The summed E-state index contributed by atoms with van der Waals surface area (Å²) in [6.07, 6.45) is -4.89. The molecule has 1 fully saturated rings. The standard InChI is InChI=1S/C23H23F4N5O2/c1-22(2,3)34-21(33)32-11-16(24)17(12-32)29-20-15-5-4-10-28-19(15)18(30-31-20)13-6-8-14(9-7-13)23(25,26)27/h4-10,16-17H,11-12H2,1-3H3,(H,29,31)/t16-,17-/m1/s1. The van der Waals surface area contributed by atoms with Crippen molar-refractivity contribution >= 4 is 22.8 Å². The molecular formula is C23H23F4N5O2. The van der Waals surface area contributed by atoms with Crippen molar-refractivity contribution in [3.05, 3.63) is 48.2 Å². The number of nitrogens with zero attached hydrogens (tertiary/aromatic N) is 4. The van der Waals surface area contributed by atoms with E-state index >= 15 is 0 Å². The molecule has 2 aromatic heterocycles. The molecule has 34 heavy (non-hydrogen) atoms. The molecule has 180 valence electrons. The third-order valence-electron chi connectivity index (χ3n) is 5.25. The fourth-order valence-electron chi connectivity index (χ4n) is 3.66. The normalized spacial score (nSPS) is 18.9. The zero-order chi connectivity index (χ0) is 24.7. The lowest BCUT2D eigenvalue weighted by Gasteiger charge is -2.24. The van der Waals surface area contributed by atoms with Gasteiger partial charge in [-0.3, -0.25) is 4.98 Å². The first-order chi connectivity index (χ1) is 15.9. The van der Waals surface area contributed by atoms with Crippen LogP contribution in [0.3, 0.4) is 0 Å². The highest BCUT2D eigenvalue weighted by atomic mass is 19.4. The summed E-state index contributed by atoms with van der Waals surface area (Å²) in [6, 6.07) is 7.18. The molecule has 11 heteroatoms. The summed E-state index contributed by atoms with van der Waals surface area (Å²) in [5.41, 5.74) is -0.359. The molecule has 1 saturated heterocycles. The van der Waals surface area contributed by atoms with Gasteiger partial charge in [-0.25, -0.2) is 9.18 Å². The van der Waals surface area contributed by atoms with Gasteiger partial charge >= 0.3 is 12.3 Å². The lowest BCUT2D eigenvalue weighted by atomic mass is 10.1. The number of benzene rings is 1. The van der Waals surface area contributed by atoms with Crippen LogP contribution in [0.15, 0.2) is 42.6 Å². The number of halogens is 4. The highest BCUT2D eigenvalue weighted by Gasteiger charge is 2.38. The summed E-state index contributed by atoms with van der Waals surface area (Å²) in [6.45, 7) is 5.14. The quantitative estimate of drug-likeness (QED) is 0.530. The minimum Gasteiger partial charge on any atom is -0.444 e. The van der Waals surface area contributed by atoms with Crippen LogP contribution in [0, 0.1) is 0 Å². The van der Waals surface area contributed by atoms with Gasteiger partial charge in [0.2, 0.25) is 0 Å². The van der Waals surface area contributed by atoms with Crippen LogP contribution in [0.5, 0.6) is 0 Å². The summed E-state index contributed by atoms with van der Waals surface area (Å²) in [5.74, 6) is 0.262. The van der Waals surface area contributed by atoms with Gasteiger partial charge in [-0.15, -0.1) is 10.2 Å². The maximum Gasteiger partial charge on any atom is 0.416 e. The number of likely N-dealkylation sites (tertiary alicyclic amines) is 1. The SMILES string of the molecule is CC(C)(C)OC(=O)N1C[C@@H](F)[C@H](Nc2nnc(-c3ccc(C(F)(F)F)cc3)c3ncccc23)C1. The molecule has 1 N–H and O–H groups in total. The monoisotopic (exact) mass is 477 g/mol. The zero-order valence-corrected chi connectivity index (χ0v) is 18.7. The van der Waals surface area contributed by atoms with E-state index in [4.69, 9.17) is 4.74 Å². The van der Waals surface area contributed by atoms with E-state index in [2.05, 4.69) is 20.5 Å². The van der Waals surface area contributed by atoms with Crippen molar-refractivity contribution < 1.29 is 27.1 Å². The van der Waals surface area contributed by atoms with E-state index in [-0.39, 0.29) is 18.9 Å². The van der Waals surface area contributed by atoms with Crippen LogP contribution in [0.2, 0.25) is 0 Å². The summed E-state index contributed by atoms with van der Waals surface area (Å²) >= 11 is 0. The number of aromatic nitrogens is 3. The predicted octanol–water partition coefficient (Wildman–Crippen LogP) is 5.08. The van der Waals surface area contributed by atoms with Gasteiger partial charge in [-0.1, -0.05) is 12.1 Å². The second-order valence-corrected chi connectivity index (χ2v) is 9.02. The first-order valence-corrected chi connectivity index (χ1v) is 10.6. The maximum absolute atomic E-state index is 14.7. The molecule has 7 nitrogen and oxygen atoms in total. The molecule has 0 bridgehead atoms. The average molecular weight is 477 g/mol. The van der Waals surface area contributed by atoms with E-state index in [0.717, 1.165) is 12.1 Å². The van der Waals surface area contributed by atoms with Crippen molar-refractivity contribution in [2.45, 2.75) is 44.8 Å². The van der Waals surface area contributed by atoms with Gasteiger partial charge in [0, 0.05) is 23.7 Å². The fraction of sp³-hybridized carbons (Fsp3) is 0.391. The third-order valence-corrected chi connectivity index (χ3v) is 5.25. The van der Waals surface area contributed by atoms with Crippen LogP contribution in [-0.4, -0.2) is 57.1 Å². The number of carbonyl (C=O) groups excluding carboxylic acids is 1. The molecule has 0 radical (unpaired) electrons. The second kappa shape index (κ2) is 8.69. The number of hydrogen-bond acceptors (Lipinski definition) is 6. The van der Waals surface area contributed by atoms with Crippen molar-refractivity contribution in [3.63, 3.8) is 0 Å². The summed E-state index contributed by atoms with van der Waals surface area (Å²) < 4.78 is 58.7. The van der Waals surface area contributed by atoms with E-state index in [1.807, 2.05) is 0 Å². The Balaban J connectivity index is 1.59. The number of hydrogen-bond donors (Lipinski definition) is 1. The molecule has 1 aliphatic heterocycles. The number of pyridine rings is 1. The summed E-state index contributed by atoms with van der Waals surface area (Å²) in [5, 5.41) is 11.8. The van der Waals surface area contributed by atoms with E-state index in [0.29, 0.717) is 22.2 Å². The number of nitrogens with one attached hydrogen (secondary N) is 1. The molecule has 1 aromatic carbocycles. The molecule has 0 unspecified atom stereocenters. The molecule has 0 saturated carbocycles. The molecule has 0 spiro atoms. The zero-order valence-electron chi connectivity index (χ0n) is 18.7. The molecule has 3 heterocycles. The molecule has 1 amide bonds. The number of rotatable bonds is 3. The summed E-state index contributed by atoms with van der Waals surface area (Å²) in [7, 11) is 0. The van der Waals surface area contributed by atoms with Crippen molar-refractivity contribution in [1.29, 1.82) is 0 Å². The van der Waals surface area contributed by atoms with E-state index in [1.54, 1.807) is 32.9 Å². The minimum atomic E-state index is -4.45. The number of alkyl halides is 4. The molecule has 1 aliphatic rings. The van der Waals surface area contributed by atoms with Crippen molar-refractivity contribution in [2.24, 2.45) is 0 Å². The van der Waals surface area contributed by atoms with Crippen LogP contribution in [0.1, 0.15) is 26.3 Å². The van der Waals surface area contributed by atoms with Crippen molar-refractivity contribution in [1.82, 2.24) is 20.1 Å². The van der Waals surface area contributed by atoms with Gasteiger partial charge in [0.25, 0.3) is 0 Å². The van der Waals surface area contributed by atoms with Crippen LogP contribution in [0.4, 0.5) is 28.2 Å². The number of anilines is 1. The van der Waals surface area contributed by atoms with Crippen LogP contribution in [-0.2, 0) is 10.9 Å². The fourth-order valence-corrected chi connectivity index (χ4v) is 3.66. The Bertz CT molecular complexity index is 1190. The van der Waals surface area contributed by atoms with Crippen LogP contribution in [0.25, 0.3) is 22.2 Å². The van der Waals surface area contributed by atoms with Gasteiger partial charge in [0.15, 0.2) is 5.82 Å². The Morgan fingerprint density at radius 3 is 2.44 bits per heavy atom. The topological polar surface area (TPSA) is 80.2 Å². The second-order valence-electron chi connectivity index (χ2n) is 9.02. The van der Waals surface area contributed by atoms with E-state index in [9.17, 15) is 22.4 Å². The Hall–Kier alpha value is -3.50. The van der Waals surface area contributed by atoms with Gasteiger partial charge in [-0.2, -0.15) is 13.2 Å². The Labute approximate surface area is 193 Å². The molecule has 4 rings (SSSR count). The molecular weight excluding hydrogens is 454 g/mol. The lowest BCUT2D eigenvalue weighted by molar-refractivity contribution is -0.137. The lowest BCUT2D eigenvalue weighted by Crippen LogP contribution is -2.36. The summed E-state index contributed by atoms with van der Waals surface area (Å²) in [4.78, 5) is 17.9. The van der Waals surface area contributed by atoms with E-state index in [1.165, 1.54) is 23.2 Å². The third kappa shape index (κ3) is 5.02. The van der Waals surface area contributed by atoms with Crippen LogP contribution < -0.4 is 5.32 Å². The van der Waals surface area contributed by atoms with E-state index < -0.39 is 35.6 Å². The number of ether oxygens (including phenoxy) is 1. The van der Waals surface area contributed by atoms with Crippen molar-refractivity contribution in [3.8, 4) is 11.3 Å². The van der Waals surface area contributed by atoms with Gasteiger partial charge in [0.05, 0.1) is 18.2 Å². The average Bonchev–Trinajstić information content (AvgIpc) is 3.13. The highest BCUT2D eigenvalue weighted by Crippen LogP contribution is 2.33. The smallest absolute Gasteiger partial charge is 0.416 e. The first kappa shape index (κ1) is 23.7. The Morgan fingerprint density at radius 1 is 1.09 bits per heavy atom. The number of carbonyl (C=O) groups is 1. The molecule has 0 aliphatic carbocycles. The largest absolute Gasteiger partial charge is 0.444 e. The Kier molecular flexibility index (Phi) is 6.05. The van der Waals surface area contributed by atoms with Crippen LogP contribution >= 0.6 is 0 Å². The molecule has 2 atom stereocenters. The van der Waals surface area contributed by atoms with Gasteiger partial charge in [0.1, 0.15) is 23.0 Å². The first-order valence-electron chi connectivity index (χ1n) is 10.6. The molecule has 3 aromatic rings. The predicted molar refractivity (Wildman–Crippen MR) is 118 cm³/mol. The van der Waals surface area contributed by atoms with Crippen molar-refractivity contribution in [2.75, 3.05) is 18.4 Å². The highest BCUT2D eigenvalue weighted by molar-refractivity contribution is 5.97.